The van der Waals surface area contributed by atoms with Crippen LogP contribution in [0.4, 0.5) is 4.39 Å². The van der Waals surface area contributed by atoms with Crippen molar-refractivity contribution in [2.24, 2.45) is 0 Å². The molecule has 2 aromatic rings. The Morgan fingerprint density at radius 1 is 1.19 bits per heavy atom. The average molecular weight is 326 g/mol. The Kier molecular flexibility index (Phi) is 4.76. The van der Waals surface area contributed by atoms with Crippen LogP contribution in [0.3, 0.4) is 0 Å². The first-order chi connectivity index (χ1) is 9.86. The second-order valence-corrected chi connectivity index (χ2v) is 8.77. The summed E-state index contributed by atoms with van der Waals surface area (Å²) >= 11 is 0. The second kappa shape index (κ2) is 6.38. The van der Waals surface area contributed by atoms with Gasteiger partial charge in [-0.25, -0.2) is 4.39 Å². The molecule has 1 N–H and O–H groups in total. The highest BCUT2D eigenvalue weighted by atomic mass is 32.2. The monoisotopic (exact) mass is 326 g/mol. The molecule has 0 aliphatic carbocycles. The van der Waals surface area contributed by atoms with Gasteiger partial charge in [-0.3, -0.25) is 4.55 Å². The molecule has 2 rings (SSSR count). The third-order valence-corrected chi connectivity index (χ3v) is 6.38. The third-order valence-electron chi connectivity index (χ3n) is 3.00. The summed E-state index contributed by atoms with van der Waals surface area (Å²) in [6, 6.07) is 12.9. The standard InChI is InChI=1S/C14H15FO4SSi/c15-12-7-6-10(9-14(21)20(16,17)18)8-13(12)19-11-4-2-1-3-5-11/h1-8,14H,9H2,21H3,(H,16,17,18). The van der Waals surface area contributed by atoms with E-state index in [1.165, 1.54) is 18.2 Å². The largest absolute Gasteiger partial charge is 0.454 e. The molecule has 0 spiro atoms. The van der Waals surface area contributed by atoms with Gasteiger partial charge in [0.1, 0.15) is 5.75 Å². The molecule has 0 saturated carbocycles. The van der Waals surface area contributed by atoms with Crippen LogP contribution in [0.1, 0.15) is 5.56 Å². The molecule has 0 heterocycles. The Hall–Kier alpha value is -1.70. The van der Waals surface area contributed by atoms with Gasteiger partial charge in [0.2, 0.25) is 0 Å². The lowest BCUT2D eigenvalue weighted by atomic mass is 10.1. The summed E-state index contributed by atoms with van der Waals surface area (Å²) in [7, 11) is -3.77. The van der Waals surface area contributed by atoms with Crippen LogP contribution < -0.4 is 4.74 Å². The minimum absolute atomic E-state index is 0.0305. The summed E-state index contributed by atoms with van der Waals surface area (Å²) in [5, 5.41) is 0. The van der Waals surface area contributed by atoms with Crippen LogP contribution in [0.2, 0.25) is 0 Å². The van der Waals surface area contributed by atoms with E-state index in [2.05, 4.69) is 0 Å². The molecule has 0 amide bonds. The highest BCUT2D eigenvalue weighted by Gasteiger charge is 2.18. The number of benzene rings is 2. The van der Waals surface area contributed by atoms with Gasteiger partial charge in [0.15, 0.2) is 11.6 Å². The van der Waals surface area contributed by atoms with Crippen molar-refractivity contribution >= 4 is 20.4 Å². The van der Waals surface area contributed by atoms with Crippen molar-refractivity contribution in [1.29, 1.82) is 0 Å². The van der Waals surface area contributed by atoms with Crippen LogP contribution in [0, 0.1) is 5.82 Å². The highest BCUT2D eigenvalue weighted by Crippen LogP contribution is 2.26. The van der Waals surface area contributed by atoms with Gasteiger partial charge in [-0.15, -0.1) is 0 Å². The Balaban J connectivity index is 2.21. The molecular formula is C14H15FO4SSi. The van der Waals surface area contributed by atoms with E-state index in [0.29, 0.717) is 11.3 Å². The molecule has 0 saturated heterocycles. The first-order valence-electron chi connectivity index (χ1n) is 6.34. The smallest absolute Gasteiger partial charge is 0.264 e. The highest BCUT2D eigenvalue weighted by molar-refractivity contribution is 7.87. The molecule has 0 radical (unpaired) electrons. The number of hydrogen-bond donors (Lipinski definition) is 1. The van der Waals surface area contributed by atoms with E-state index >= 15 is 0 Å². The first kappa shape index (κ1) is 15.7. The Morgan fingerprint density at radius 2 is 1.86 bits per heavy atom. The summed E-state index contributed by atoms with van der Waals surface area (Å²) in [5.41, 5.74) is 0.597. The molecule has 21 heavy (non-hydrogen) atoms. The van der Waals surface area contributed by atoms with Crippen LogP contribution >= 0.6 is 0 Å². The van der Waals surface area contributed by atoms with Crippen molar-refractivity contribution in [1.82, 2.24) is 0 Å². The van der Waals surface area contributed by atoms with E-state index < -0.39 is 20.8 Å². The summed E-state index contributed by atoms with van der Waals surface area (Å²) in [6.07, 6.45) is 0.135. The van der Waals surface area contributed by atoms with Crippen molar-refractivity contribution in [3.05, 3.63) is 59.9 Å². The van der Waals surface area contributed by atoms with Gasteiger partial charge in [0.25, 0.3) is 10.1 Å². The lowest BCUT2D eigenvalue weighted by Crippen LogP contribution is -2.23. The fourth-order valence-electron chi connectivity index (χ4n) is 1.81. The molecule has 1 atom stereocenters. The average Bonchev–Trinajstić information content (AvgIpc) is 2.42. The van der Waals surface area contributed by atoms with E-state index in [0.717, 1.165) is 0 Å². The summed E-state index contributed by atoms with van der Waals surface area (Å²) in [5.74, 6) is -0.00647. The van der Waals surface area contributed by atoms with Gasteiger partial charge in [0.05, 0.1) is 4.87 Å². The van der Waals surface area contributed by atoms with E-state index in [4.69, 9.17) is 9.29 Å². The molecular weight excluding hydrogens is 311 g/mol. The zero-order valence-corrected chi connectivity index (χ0v) is 14.2. The van der Waals surface area contributed by atoms with Crippen LogP contribution in [-0.4, -0.2) is 28.1 Å². The number of ether oxygens (including phenoxy) is 1. The first-order valence-corrected chi connectivity index (χ1v) is 8.99. The maximum absolute atomic E-state index is 13.7. The van der Waals surface area contributed by atoms with E-state index in [1.54, 1.807) is 24.3 Å². The number of hydrogen-bond acceptors (Lipinski definition) is 3. The fraction of sp³-hybridized carbons (Fsp3) is 0.143. The zero-order valence-electron chi connectivity index (χ0n) is 11.4. The quantitative estimate of drug-likeness (QED) is 0.671. The van der Waals surface area contributed by atoms with Gasteiger partial charge < -0.3 is 4.74 Å². The topological polar surface area (TPSA) is 63.6 Å². The van der Waals surface area contributed by atoms with Crippen LogP contribution in [0.15, 0.2) is 48.5 Å². The zero-order chi connectivity index (χ0) is 15.5. The molecule has 1 unspecified atom stereocenters. The SMILES string of the molecule is O=S(=O)(O)C([SiH3])Cc1ccc(F)c(Oc2ccccc2)c1. The third kappa shape index (κ3) is 4.38. The summed E-state index contributed by atoms with van der Waals surface area (Å²) in [4.78, 5) is -0.826. The molecule has 0 bridgehead atoms. The molecule has 4 nitrogen and oxygen atoms in total. The lowest BCUT2D eigenvalue weighted by molar-refractivity contribution is 0.441. The minimum atomic E-state index is -4.06. The molecule has 2 aromatic carbocycles. The Labute approximate surface area is 125 Å². The van der Waals surface area contributed by atoms with Gasteiger partial charge in [-0.1, -0.05) is 24.3 Å². The number of rotatable bonds is 5. The predicted molar refractivity (Wildman–Crippen MR) is 81.9 cm³/mol. The van der Waals surface area contributed by atoms with Crippen molar-refractivity contribution in [3.8, 4) is 11.5 Å². The van der Waals surface area contributed by atoms with Crippen molar-refractivity contribution in [2.45, 2.75) is 11.3 Å². The summed E-state index contributed by atoms with van der Waals surface area (Å²) < 4.78 is 50.3. The van der Waals surface area contributed by atoms with Gasteiger partial charge >= 0.3 is 0 Å². The fourth-order valence-corrected chi connectivity index (χ4v) is 2.68. The van der Waals surface area contributed by atoms with Crippen LogP contribution in [-0.2, 0) is 16.5 Å². The van der Waals surface area contributed by atoms with Gasteiger partial charge in [-0.05, 0) is 36.2 Å². The number of halogens is 1. The van der Waals surface area contributed by atoms with E-state index in [9.17, 15) is 12.8 Å². The lowest BCUT2D eigenvalue weighted by Gasteiger charge is -2.11. The molecule has 0 fully saturated rings. The maximum Gasteiger partial charge on any atom is 0.264 e. The maximum atomic E-state index is 13.7. The molecule has 112 valence electrons. The second-order valence-electron chi connectivity index (χ2n) is 4.71. The molecule has 0 aromatic heterocycles. The Morgan fingerprint density at radius 3 is 2.48 bits per heavy atom. The van der Waals surface area contributed by atoms with E-state index in [1.807, 2.05) is 6.07 Å². The van der Waals surface area contributed by atoms with Gasteiger partial charge in [-0.2, -0.15) is 8.42 Å². The predicted octanol–water partition coefficient (Wildman–Crippen LogP) is 1.74. The normalized spacial score (nSPS) is 13.0. The van der Waals surface area contributed by atoms with Crippen molar-refractivity contribution in [3.63, 3.8) is 0 Å². The van der Waals surface area contributed by atoms with Crippen molar-refractivity contribution in [2.75, 3.05) is 0 Å². The van der Waals surface area contributed by atoms with Crippen molar-refractivity contribution < 1.29 is 22.1 Å². The summed E-state index contributed by atoms with van der Waals surface area (Å²) in [6.45, 7) is 0. The van der Waals surface area contributed by atoms with Crippen LogP contribution in [0.25, 0.3) is 0 Å². The van der Waals surface area contributed by atoms with E-state index in [-0.39, 0.29) is 22.4 Å². The molecule has 7 heteroatoms. The minimum Gasteiger partial charge on any atom is -0.454 e. The number of para-hydroxylation sites is 1. The van der Waals surface area contributed by atoms with Crippen LogP contribution in [0.5, 0.6) is 11.5 Å². The van der Waals surface area contributed by atoms with Gasteiger partial charge in [0, 0.05) is 10.2 Å². The Bertz CT molecular complexity index is 719. The molecule has 0 aliphatic heterocycles. The molecule has 0 aliphatic rings.